The average molecular weight is 271 g/mol. The van der Waals surface area contributed by atoms with Crippen LogP contribution in [0.1, 0.15) is 16.1 Å². The minimum Gasteiger partial charge on any atom is -0.478 e. The lowest BCUT2D eigenvalue weighted by molar-refractivity contribution is -0.113. The summed E-state index contributed by atoms with van der Waals surface area (Å²) in [6.45, 7) is 0. The quantitative estimate of drug-likeness (QED) is 0.868. The van der Waals surface area contributed by atoms with E-state index >= 15 is 0 Å². The molecule has 0 atom stereocenters. The molecule has 1 heterocycles. The smallest absolute Gasteiger partial charge is 0.337 e. The third-order valence-electron chi connectivity index (χ3n) is 2.76. The second-order valence-electron chi connectivity index (χ2n) is 4.07. The lowest BCUT2D eigenvalue weighted by Gasteiger charge is -2.17. The van der Waals surface area contributed by atoms with Crippen LogP contribution in [0, 0.1) is 0 Å². The Balaban J connectivity index is 2.21. The molecule has 102 valence electrons. The van der Waals surface area contributed by atoms with E-state index in [2.05, 4.69) is 0 Å². The minimum absolute atomic E-state index is 0.0785. The summed E-state index contributed by atoms with van der Waals surface area (Å²) in [6, 6.07) is 9.77. The summed E-state index contributed by atoms with van der Waals surface area (Å²) >= 11 is 0. The number of carboxylic acids is 1. The molecule has 1 aromatic heterocycles. The highest BCUT2D eigenvalue weighted by molar-refractivity contribution is 6.07. The van der Waals surface area contributed by atoms with E-state index in [1.165, 1.54) is 36.4 Å². The van der Waals surface area contributed by atoms with Gasteiger partial charge < -0.3 is 14.4 Å². The number of carbonyl (C=O) groups excluding carboxylic acids is 1. The van der Waals surface area contributed by atoms with Gasteiger partial charge in [-0.05, 0) is 30.3 Å². The Bertz CT molecular complexity index is 644. The van der Waals surface area contributed by atoms with Crippen molar-refractivity contribution in [2.45, 2.75) is 0 Å². The maximum Gasteiger partial charge on any atom is 0.337 e. The van der Waals surface area contributed by atoms with E-state index in [1.807, 2.05) is 0 Å². The minimum atomic E-state index is -1.07. The van der Waals surface area contributed by atoms with E-state index in [0.717, 1.165) is 0 Å². The van der Waals surface area contributed by atoms with Crippen molar-refractivity contribution in [3.8, 4) is 0 Å². The van der Waals surface area contributed by atoms with Gasteiger partial charge in [-0.2, -0.15) is 0 Å². The zero-order chi connectivity index (χ0) is 14.5. The van der Waals surface area contributed by atoms with Crippen molar-refractivity contribution >= 4 is 23.6 Å². The summed E-state index contributed by atoms with van der Waals surface area (Å²) in [5, 5.41) is 9.11. The first-order valence-corrected chi connectivity index (χ1v) is 5.91. The summed E-state index contributed by atoms with van der Waals surface area (Å²) in [4.78, 5) is 24.4. The molecule has 5 nitrogen and oxygen atoms in total. The Morgan fingerprint density at radius 2 is 1.95 bits per heavy atom. The van der Waals surface area contributed by atoms with Crippen LogP contribution in [-0.2, 0) is 4.79 Å². The van der Waals surface area contributed by atoms with Crippen LogP contribution in [0.3, 0.4) is 0 Å². The van der Waals surface area contributed by atoms with Gasteiger partial charge in [0.25, 0.3) is 5.91 Å². The van der Waals surface area contributed by atoms with Crippen LogP contribution in [0.5, 0.6) is 0 Å². The Kier molecular flexibility index (Phi) is 4.00. The van der Waals surface area contributed by atoms with Gasteiger partial charge in [-0.25, -0.2) is 4.79 Å². The van der Waals surface area contributed by atoms with E-state index in [9.17, 15) is 9.59 Å². The van der Waals surface area contributed by atoms with Crippen molar-refractivity contribution in [1.29, 1.82) is 0 Å². The van der Waals surface area contributed by atoms with Crippen LogP contribution >= 0.6 is 0 Å². The fourth-order valence-corrected chi connectivity index (χ4v) is 1.72. The normalized spacial score (nSPS) is 10.7. The van der Waals surface area contributed by atoms with Gasteiger partial charge in [0.15, 0.2) is 0 Å². The van der Waals surface area contributed by atoms with Crippen molar-refractivity contribution < 1.29 is 19.1 Å². The Labute approximate surface area is 115 Å². The molecular weight excluding hydrogens is 258 g/mol. The number of benzene rings is 1. The SMILES string of the molecule is CN(C(=O)/C=C\c1ccco1)c1ccccc1C(=O)O. The molecule has 0 saturated heterocycles. The summed E-state index contributed by atoms with van der Waals surface area (Å²) in [5.41, 5.74) is 0.420. The van der Waals surface area contributed by atoms with Crippen LogP contribution in [-0.4, -0.2) is 24.0 Å². The monoisotopic (exact) mass is 271 g/mol. The molecular formula is C15H13NO4. The number of furan rings is 1. The highest BCUT2D eigenvalue weighted by Crippen LogP contribution is 2.19. The molecule has 0 unspecified atom stereocenters. The maximum absolute atomic E-state index is 12.0. The van der Waals surface area contributed by atoms with Crippen molar-refractivity contribution in [2.75, 3.05) is 11.9 Å². The number of carboxylic acid groups (broad SMARTS) is 1. The summed E-state index contributed by atoms with van der Waals surface area (Å²) in [7, 11) is 1.52. The van der Waals surface area contributed by atoms with Crippen molar-refractivity contribution in [2.24, 2.45) is 0 Å². The molecule has 0 saturated carbocycles. The van der Waals surface area contributed by atoms with Gasteiger partial charge in [0.05, 0.1) is 17.5 Å². The topological polar surface area (TPSA) is 70.8 Å². The van der Waals surface area contributed by atoms with Crippen LogP contribution in [0.15, 0.2) is 53.2 Å². The van der Waals surface area contributed by atoms with E-state index in [0.29, 0.717) is 11.4 Å². The van der Waals surface area contributed by atoms with Gasteiger partial charge in [-0.15, -0.1) is 0 Å². The van der Waals surface area contributed by atoms with E-state index < -0.39 is 5.97 Å². The van der Waals surface area contributed by atoms with Gasteiger partial charge >= 0.3 is 5.97 Å². The molecule has 0 spiro atoms. The third-order valence-corrected chi connectivity index (χ3v) is 2.76. The molecule has 0 fully saturated rings. The van der Waals surface area contributed by atoms with E-state index in [4.69, 9.17) is 9.52 Å². The van der Waals surface area contributed by atoms with E-state index in [-0.39, 0.29) is 11.5 Å². The van der Waals surface area contributed by atoms with Crippen molar-refractivity contribution in [3.05, 3.63) is 60.1 Å². The Morgan fingerprint density at radius 1 is 1.20 bits per heavy atom. The fraction of sp³-hybridized carbons (Fsp3) is 0.0667. The number of likely N-dealkylation sites (N-methyl/N-ethyl adjacent to an activating group) is 1. The molecule has 0 aliphatic heterocycles. The number of aromatic carboxylic acids is 1. The number of anilines is 1. The molecule has 0 radical (unpaired) electrons. The highest BCUT2D eigenvalue weighted by Gasteiger charge is 2.15. The number of hydrogen-bond acceptors (Lipinski definition) is 3. The molecule has 5 heteroatoms. The number of nitrogens with zero attached hydrogens (tertiary/aromatic N) is 1. The second kappa shape index (κ2) is 5.88. The van der Waals surface area contributed by atoms with Gasteiger partial charge in [0, 0.05) is 13.1 Å². The molecule has 0 aliphatic carbocycles. The molecule has 2 rings (SSSR count). The number of carbonyl (C=O) groups is 2. The largest absolute Gasteiger partial charge is 0.478 e. The summed E-state index contributed by atoms with van der Waals surface area (Å²) < 4.78 is 5.08. The molecule has 1 amide bonds. The number of amides is 1. The van der Waals surface area contributed by atoms with Crippen LogP contribution in [0.4, 0.5) is 5.69 Å². The average Bonchev–Trinajstić information content (AvgIpc) is 2.97. The third kappa shape index (κ3) is 2.95. The van der Waals surface area contributed by atoms with Crippen LogP contribution in [0.2, 0.25) is 0 Å². The summed E-state index contributed by atoms with van der Waals surface area (Å²) in [6.07, 6.45) is 4.37. The van der Waals surface area contributed by atoms with E-state index in [1.54, 1.807) is 30.3 Å². The summed E-state index contributed by atoms with van der Waals surface area (Å²) in [5.74, 6) is -0.858. The highest BCUT2D eigenvalue weighted by atomic mass is 16.4. The van der Waals surface area contributed by atoms with Gasteiger partial charge in [-0.3, -0.25) is 4.79 Å². The standard InChI is InChI=1S/C15H13NO4/c1-16(13-7-3-2-6-12(13)15(18)19)14(17)9-8-11-5-4-10-20-11/h2-10H,1H3,(H,18,19)/b9-8-. The first-order chi connectivity index (χ1) is 9.59. The zero-order valence-corrected chi connectivity index (χ0v) is 10.8. The van der Waals surface area contributed by atoms with Gasteiger partial charge in [-0.1, -0.05) is 12.1 Å². The number of para-hydroxylation sites is 1. The molecule has 0 bridgehead atoms. The fourth-order valence-electron chi connectivity index (χ4n) is 1.72. The van der Waals surface area contributed by atoms with Crippen molar-refractivity contribution in [1.82, 2.24) is 0 Å². The lowest BCUT2D eigenvalue weighted by atomic mass is 10.1. The van der Waals surface area contributed by atoms with Crippen LogP contribution < -0.4 is 4.90 Å². The predicted octanol–water partition coefficient (Wildman–Crippen LogP) is 2.65. The van der Waals surface area contributed by atoms with Crippen molar-refractivity contribution in [3.63, 3.8) is 0 Å². The van der Waals surface area contributed by atoms with Crippen LogP contribution in [0.25, 0.3) is 6.08 Å². The van der Waals surface area contributed by atoms with Gasteiger partial charge in [0.2, 0.25) is 0 Å². The predicted molar refractivity (Wildman–Crippen MR) is 74.6 cm³/mol. The molecule has 1 aromatic carbocycles. The molecule has 2 aromatic rings. The first kappa shape index (κ1) is 13.6. The Hall–Kier alpha value is -2.82. The van der Waals surface area contributed by atoms with Gasteiger partial charge in [0.1, 0.15) is 5.76 Å². The first-order valence-electron chi connectivity index (χ1n) is 5.91. The second-order valence-corrected chi connectivity index (χ2v) is 4.07. The zero-order valence-electron chi connectivity index (χ0n) is 10.8. The molecule has 1 N–H and O–H groups in total. The number of rotatable bonds is 4. The molecule has 20 heavy (non-hydrogen) atoms. The molecule has 0 aliphatic rings. The lowest BCUT2D eigenvalue weighted by Crippen LogP contribution is -2.25. The number of hydrogen-bond donors (Lipinski definition) is 1. The Morgan fingerprint density at radius 3 is 2.60 bits per heavy atom. The maximum atomic E-state index is 12.0.